The molecular formula is C38H33Cl2N9O2. The number of nitrogens with one attached hydrogen (secondary N) is 2. The maximum atomic E-state index is 14.6. The van der Waals surface area contributed by atoms with Gasteiger partial charge in [-0.1, -0.05) is 76.8 Å². The Bertz CT molecular complexity index is 2340. The molecule has 51 heavy (non-hydrogen) atoms. The molecule has 7 aromatic rings. The largest absolute Gasteiger partial charge is 0.408 e. The lowest BCUT2D eigenvalue weighted by atomic mass is 9.97. The number of benzene rings is 3. The van der Waals surface area contributed by atoms with Crippen LogP contribution in [0.1, 0.15) is 53.7 Å². The second kappa shape index (κ2) is 13.6. The van der Waals surface area contributed by atoms with E-state index < -0.39 is 0 Å². The van der Waals surface area contributed by atoms with Gasteiger partial charge in [0.2, 0.25) is 5.89 Å². The number of rotatable bonds is 8. The van der Waals surface area contributed by atoms with Crippen LogP contribution >= 0.6 is 23.2 Å². The van der Waals surface area contributed by atoms with E-state index in [9.17, 15) is 4.79 Å². The number of hydrogen-bond donors (Lipinski definition) is 3. The van der Waals surface area contributed by atoms with Gasteiger partial charge in [0, 0.05) is 57.3 Å². The Morgan fingerprint density at radius 3 is 2.47 bits per heavy atom. The Hall–Kier alpha value is -5.65. The highest BCUT2D eigenvalue weighted by atomic mass is 35.5. The van der Waals surface area contributed by atoms with Gasteiger partial charge < -0.3 is 29.9 Å². The van der Waals surface area contributed by atoms with E-state index in [0.29, 0.717) is 51.8 Å². The van der Waals surface area contributed by atoms with Crippen molar-refractivity contribution in [1.82, 2.24) is 29.7 Å². The van der Waals surface area contributed by atoms with Crippen molar-refractivity contribution in [2.45, 2.75) is 31.7 Å². The number of hydrogen-bond acceptors (Lipinski definition) is 8. The highest BCUT2D eigenvalue weighted by Crippen LogP contribution is 2.42. The summed E-state index contributed by atoms with van der Waals surface area (Å²) in [5.74, 6) is 1.01. The van der Waals surface area contributed by atoms with Crippen molar-refractivity contribution in [1.29, 1.82) is 0 Å². The van der Waals surface area contributed by atoms with Crippen LogP contribution in [0.15, 0.2) is 102 Å². The average molecular weight is 719 g/mol. The van der Waals surface area contributed by atoms with Gasteiger partial charge in [0.1, 0.15) is 5.69 Å². The summed E-state index contributed by atoms with van der Waals surface area (Å²) in [6, 6.07) is 27.0. The van der Waals surface area contributed by atoms with E-state index in [-0.39, 0.29) is 23.9 Å². The van der Waals surface area contributed by atoms with E-state index in [1.54, 1.807) is 6.20 Å². The Labute approximate surface area is 303 Å². The third-order valence-corrected chi connectivity index (χ3v) is 9.96. The smallest absolute Gasteiger partial charge is 0.312 e. The van der Waals surface area contributed by atoms with Crippen LogP contribution in [-0.4, -0.2) is 48.7 Å². The van der Waals surface area contributed by atoms with Crippen molar-refractivity contribution >= 4 is 57.5 Å². The molecule has 0 aliphatic carbocycles. The van der Waals surface area contributed by atoms with E-state index in [4.69, 9.17) is 43.3 Å². The summed E-state index contributed by atoms with van der Waals surface area (Å²) in [5.41, 5.74) is 11.6. The van der Waals surface area contributed by atoms with Gasteiger partial charge in [-0.3, -0.25) is 4.79 Å². The monoisotopic (exact) mass is 717 g/mol. The minimum absolute atomic E-state index is 0.0687. The lowest BCUT2D eigenvalue weighted by Crippen LogP contribution is -2.34. The van der Waals surface area contributed by atoms with Crippen LogP contribution in [-0.2, 0) is 0 Å². The van der Waals surface area contributed by atoms with Gasteiger partial charge in [-0.15, -0.1) is 5.10 Å². The van der Waals surface area contributed by atoms with Crippen molar-refractivity contribution in [3.8, 4) is 22.5 Å². The van der Waals surface area contributed by atoms with Crippen LogP contribution in [0.4, 0.5) is 17.5 Å². The van der Waals surface area contributed by atoms with Gasteiger partial charge >= 0.3 is 6.01 Å². The first-order chi connectivity index (χ1) is 24.8. The maximum absolute atomic E-state index is 14.6. The summed E-state index contributed by atoms with van der Waals surface area (Å²) in [4.78, 5) is 29.8. The van der Waals surface area contributed by atoms with Crippen molar-refractivity contribution in [3.63, 3.8) is 0 Å². The lowest BCUT2D eigenvalue weighted by molar-refractivity contribution is 0.102. The van der Waals surface area contributed by atoms with Gasteiger partial charge in [0.25, 0.3) is 5.91 Å². The number of imidazole rings is 1. The molecule has 1 unspecified atom stereocenters. The van der Waals surface area contributed by atoms with Gasteiger partial charge in [-0.25, -0.2) is 9.97 Å². The number of pyridine rings is 1. The molecule has 1 aliphatic heterocycles. The Morgan fingerprint density at radius 1 is 0.961 bits per heavy atom. The van der Waals surface area contributed by atoms with E-state index >= 15 is 0 Å². The Morgan fingerprint density at radius 2 is 1.73 bits per heavy atom. The first-order valence-corrected chi connectivity index (χ1v) is 17.4. The topological polar surface area (TPSA) is 144 Å². The molecule has 256 valence electrons. The number of fused-ring (bicyclic) bond motifs is 1. The van der Waals surface area contributed by atoms with E-state index in [0.717, 1.165) is 46.3 Å². The highest BCUT2D eigenvalue weighted by Gasteiger charge is 2.30. The first-order valence-electron chi connectivity index (χ1n) is 16.6. The normalized spacial score (nSPS) is 14.2. The fraction of sp³-hybridized carbons (Fsp3) is 0.184. The van der Waals surface area contributed by atoms with Crippen LogP contribution in [0.5, 0.6) is 0 Å². The average Bonchev–Trinajstić information content (AvgIpc) is 3.89. The molecule has 4 aromatic heterocycles. The molecule has 5 heterocycles. The van der Waals surface area contributed by atoms with Crippen molar-refractivity contribution < 1.29 is 9.21 Å². The molecule has 1 saturated heterocycles. The van der Waals surface area contributed by atoms with Crippen LogP contribution in [0.3, 0.4) is 0 Å². The molecule has 13 heteroatoms. The highest BCUT2D eigenvalue weighted by molar-refractivity contribution is 6.31. The zero-order valence-corrected chi connectivity index (χ0v) is 29.1. The molecule has 1 amide bonds. The number of amides is 1. The second-order valence-electron chi connectivity index (χ2n) is 12.6. The van der Waals surface area contributed by atoms with Gasteiger partial charge in [-0.2, -0.15) is 0 Å². The minimum atomic E-state index is -0.325. The molecule has 0 bridgehead atoms. The first kappa shape index (κ1) is 32.5. The van der Waals surface area contributed by atoms with Crippen LogP contribution in [0.2, 0.25) is 10.0 Å². The summed E-state index contributed by atoms with van der Waals surface area (Å²) in [6.45, 7) is 3.48. The molecule has 1 aliphatic rings. The fourth-order valence-electron chi connectivity index (χ4n) is 6.88. The summed E-state index contributed by atoms with van der Waals surface area (Å²) >= 11 is 12.7. The third-order valence-electron chi connectivity index (χ3n) is 9.47. The molecule has 0 radical (unpaired) electrons. The van der Waals surface area contributed by atoms with E-state index in [1.165, 1.54) is 0 Å². The number of halogens is 2. The quantitative estimate of drug-likeness (QED) is 0.142. The lowest BCUT2D eigenvalue weighted by Gasteiger charge is -2.32. The molecule has 3 aromatic carbocycles. The second-order valence-corrected chi connectivity index (χ2v) is 13.4. The van der Waals surface area contributed by atoms with Gasteiger partial charge in [0.05, 0.1) is 29.4 Å². The predicted octanol–water partition coefficient (Wildman–Crippen LogP) is 8.61. The van der Waals surface area contributed by atoms with Crippen molar-refractivity contribution in [3.05, 3.63) is 125 Å². The molecule has 11 nitrogen and oxygen atoms in total. The third kappa shape index (κ3) is 6.30. The summed E-state index contributed by atoms with van der Waals surface area (Å²) < 4.78 is 7.60. The zero-order valence-electron chi connectivity index (χ0n) is 27.6. The number of aromatic nitrogens is 6. The molecule has 1 atom stereocenters. The number of nitrogens with zero attached hydrogens (tertiary/aromatic N) is 6. The number of anilines is 3. The SMILES string of the molecule is CC(c1ccc(Cl)cc1)n1cnc(-c2ccccc2)c1-c1c(C(=O)Nc2cccnc2N2CCC(c3nnc(N)o3)CC2)[nH]c2cc(Cl)ccc12. The Balaban J connectivity index is 1.20. The van der Waals surface area contributed by atoms with E-state index in [1.807, 2.05) is 91.3 Å². The van der Waals surface area contributed by atoms with Crippen molar-refractivity contribution in [2.24, 2.45) is 0 Å². The summed E-state index contributed by atoms with van der Waals surface area (Å²) in [6.07, 6.45) is 5.11. The summed E-state index contributed by atoms with van der Waals surface area (Å²) in [7, 11) is 0. The Kier molecular flexibility index (Phi) is 8.66. The van der Waals surface area contributed by atoms with Crippen LogP contribution in [0, 0.1) is 0 Å². The number of carbonyl (C=O) groups is 1. The number of H-pyrrole nitrogens is 1. The van der Waals surface area contributed by atoms with E-state index in [2.05, 4.69) is 36.9 Å². The van der Waals surface area contributed by atoms with Gasteiger partial charge in [0.15, 0.2) is 5.82 Å². The molecular weight excluding hydrogens is 685 g/mol. The van der Waals surface area contributed by atoms with Crippen LogP contribution < -0.4 is 16.0 Å². The molecule has 0 saturated carbocycles. The maximum Gasteiger partial charge on any atom is 0.312 e. The van der Waals surface area contributed by atoms with Crippen LogP contribution in [0.25, 0.3) is 33.4 Å². The zero-order chi connectivity index (χ0) is 35.1. The standard InChI is InChI=1S/C38H33Cl2N9O2/c1-22(23-9-11-26(39)12-10-23)49-21-43-32(24-6-3-2-4-7-24)34(49)31-28-14-13-27(40)20-30(28)44-33(31)36(50)45-29-8-5-17-42-35(29)48-18-15-25(16-19-48)37-46-47-38(41)51-37/h2-14,17,20-22,25,44H,15-16,18-19H2,1H3,(H2,41,47)(H,45,50). The number of nitrogens with two attached hydrogens (primary N) is 1. The number of piperidine rings is 1. The fourth-order valence-corrected chi connectivity index (χ4v) is 7.18. The number of aromatic amines is 1. The molecule has 1 fully saturated rings. The number of nitrogen functional groups attached to an aromatic ring is 1. The predicted molar refractivity (Wildman–Crippen MR) is 200 cm³/mol. The van der Waals surface area contributed by atoms with Crippen molar-refractivity contribution in [2.75, 3.05) is 29.0 Å². The number of carbonyl (C=O) groups excluding carboxylic acids is 1. The molecule has 0 spiro atoms. The summed E-state index contributed by atoms with van der Waals surface area (Å²) in [5, 5.41) is 13.1. The van der Waals surface area contributed by atoms with Gasteiger partial charge in [-0.05, 0) is 61.7 Å². The molecule has 8 rings (SSSR count). The minimum Gasteiger partial charge on any atom is -0.408 e. The molecule has 4 N–H and O–H groups in total.